The Balaban J connectivity index is 1.61. The molecule has 4 N–H and O–H groups in total. The molecular weight excluding hydrogens is 328 g/mol. The van der Waals surface area contributed by atoms with E-state index in [0.29, 0.717) is 29.4 Å². The van der Waals surface area contributed by atoms with E-state index in [9.17, 15) is 4.79 Å². The van der Waals surface area contributed by atoms with Crippen LogP contribution < -0.4 is 20.9 Å². The predicted octanol–water partition coefficient (Wildman–Crippen LogP) is 3.16. The van der Waals surface area contributed by atoms with Crippen LogP contribution in [0.5, 0.6) is 11.5 Å². The van der Waals surface area contributed by atoms with Crippen molar-refractivity contribution < 1.29 is 9.53 Å². The second-order valence-corrected chi connectivity index (χ2v) is 5.91. The van der Waals surface area contributed by atoms with Crippen LogP contribution in [0.3, 0.4) is 0 Å². The summed E-state index contributed by atoms with van der Waals surface area (Å²) in [6.07, 6.45) is 5.55. The van der Waals surface area contributed by atoms with Crippen LogP contribution in [0.15, 0.2) is 72.7 Å². The molecule has 2 aromatic carbocycles. The molecule has 6 nitrogen and oxygen atoms in total. The number of para-hydroxylation sites is 3. The van der Waals surface area contributed by atoms with E-state index in [1.807, 2.05) is 54.9 Å². The highest BCUT2D eigenvalue weighted by atomic mass is 16.5. The smallest absolute Gasteiger partial charge is 0.288 e. The number of ether oxygens (including phenoxy) is 1. The molecule has 0 fully saturated rings. The summed E-state index contributed by atoms with van der Waals surface area (Å²) >= 11 is 0. The zero-order valence-electron chi connectivity index (χ0n) is 14.0. The summed E-state index contributed by atoms with van der Waals surface area (Å²) in [7, 11) is 0. The first-order valence-electron chi connectivity index (χ1n) is 8.24. The lowest BCUT2D eigenvalue weighted by Crippen LogP contribution is -2.42. The molecule has 0 saturated carbocycles. The quantitative estimate of drug-likeness (QED) is 0.385. The monoisotopic (exact) mass is 346 g/mol. The number of benzene rings is 2. The third kappa shape index (κ3) is 3.05. The number of hydrogen-bond donors (Lipinski definition) is 3. The number of hydrogen-bond acceptors (Lipinski definition) is 4. The fourth-order valence-electron chi connectivity index (χ4n) is 2.83. The van der Waals surface area contributed by atoms with E-state index in [4.69, 9.17) is 10.6 Å². The van der Waals surface area contributed by atoms with E-state index in [0.717, 1.165) is 16.1 Å². The average Bonchev–Trinajstić information content (AvgIpc) is 3.16. The first-order chi connectivity index (χ1) is 12.7. The summed E-state index contributed by atoms with van der Waals surface area (Å²) < 4.78 is 5.89. The zero-order chi connectivity index (χ0) is 17.9. The molecule has 0 spiro atoms. The Kier molecular flexibility index (Phi) is 4.17. The molecule has 0 unspecified atom stereocenters. The molecule has 0 saturated heterocycles. The molecule has 130 valence electrons. The van der Waals surface area contributed by atoms with Gasteiger partial charge in [0, 0.05) is 18.9 Å². The van der Waals surface area contributed by atoms with Gasteiger partial charge in [-0.2, -0.15) is 0 Å². The number of rotatable bonds is 4. The number of fused-ring (bicyclic) bond motifs is 1. The summed E-state index contributed by atoms with van der Waals surface area (Å²) in [4.78, 5) is 15.9. The molecular formula is C20H18N4O2. The number of hydrazine groups is 1. The average molecular weight is 346 g/mol. The number of nitrogens with two attached hydrogens (primary N) is 1. The molecule has 1 amide bonds. The van der Waals surface area contributed by atoms with Crippen LogP contribution >= 0.6 is 0 Å². The van der Waals surface area contributed by atoms with Gasteiger partial charge in [0.1, 0.15) is 17.1 Å². The van der Waals surface area contributed by atoms with Gasteiger partial charge in [0.05, 0.1) is 0 Å². The van der Waals surface area contributed by atoms with Gasteiger partial charge in [0.2, 0.25) is 0 Å². The summed E-state index contributed by atoms with van der Waals surface area (Å²) in [5.74, 6) is 6.98. The second kappa shape index (κ2) is 6.78. The number of aromatic amines is 1. The van der Waals surface area contributed by atoms with Crippen LogP contribution in [-0.2, 0) is 11.3 Å². The Hall–Kier alpha value is -3.51. The van der Waals surface area contributed by atoms with Gasteiger partial charge in [-0.3, -0.25) is 4.79 Å². The number of amides is 1. The normalized spacial score (nSPS) is 12.6. The Bertz CT molecular complexity index is 963. The third-order valence-electron chi connectivity index (χ3n) is 4.18. The topological polar surface area (TPSA) is 83.4 Å². The molecule has 0 bridgehead atoms. The predicted molar refractivity (Wildman–Crippen MR) is 100 cm³/mol. The van der Waals surface area contributed by atoms with Crippen LogP contribution in [0.4, 0.5) is 5.69 Å². The van der Waals surface area contributed by atoms with Crippen LogP contribution in [0, 0.1) is 0 Å². The van der Waals surface area contributed by atoms with Crippen molar-refractivity contribution in [3.05, 3.63) is 83.8 Å². The molecule has 6 heteroatoms. The van der Waals surface area contributed by atoms with Crippen molar-refractivity contribution in [1.82, 2.24) is 10.3 Å². The minimum atomic E-state index is -0.332. The van der Waals surface area contributed by atoms with Gasteiger partial charge in [-0.25, -0.2) is 10.9 Å². The standard InChI is InChI=1S/C20H18N4O2/c21-24(20(25)17-10-14-11-22-12-15(14)13-23-17)18-8-4-5-9-19(18)26-16-6-2-1-3-7-16/h1-12,22-23H,13,21H2. The van der Waals surface area contributed by atoms with Gasteiger partial charge in [-0.1, -0.05) is 30.3 Å². The van der Waals surface area contributed by atoms with Crippen molar-refractivity contribution in [2.75, 3.05) is 5.01 Å². The molecule has 0 aliphatic carbocycles. The van der Waals surface area contributed by atoms with Gasteiger partial charge >= 0.3 is 0 Å². The van der Waals surface area contributed by atoms with Crippen molar-refractivity contribution in [1.29, 1.82) is 0 Å². The highest BCUT2D eigenvalue weighted by molar-refractivity contribution is 6.08. The number of anilines is 1. The summed E-state index contributed by atoms with van der Waals surface area (Å²) in [5.41, 5.74) is 3.02. The fraction of sp³-hybridized carbons (Fsp3) is 0.0500. The first-order valence-corrected chi connectivity index (χ1v) is 8.24. The number of nitrogens with zero attached hydrogens (tertiary/aromatic N) is 1. The molecule has 0 radical (unpaired) electrons. The summed E-state index contributed by atoms with van der Waals surface area (Å²) in [6.45, 7) is 0.576. The van der Waals surface area contributed by atoms with Crippen molar-refractivity contribution >= 4 is 17.7 Å². The maximum absolute atomic E-state index is 12.8. The lowest BCUT2D eigenvalue weighted by atomic mass is 10.1. The molecule has 4 rings (SSSR count). The Morgan fingerprint density at radius 2 is 1.81 bits per heavy atom. The molecule has 2 heterocycles. The van der Waals surface area contributed by atoms with Crippen LogP contribution in [0.2, 0.25) is 0 Å². The maximum atomic E-state index is 12.8. The third-order valence-corrected chi connectivity index (χ3v) is 4.18. The van der Waals surface area contributed by atoms with Crippen molar-refractivity contribution in [2.24, 2.45) is 5.84 Å². The van der Waals surface area contributed by atoms with E-state index in [-0.39, 0.29) is 5.91 Å². The number of aromatic nitrogens is 1. The fourth-order valence-corrected chi connectivity index (χ4v) is 2.83. The van der Waals surface area contributed by atoms with E-state index in [1.165, 1.54) is 0 Å². The molecule has 1 aliphatic rings. The summed E-state index contributed by atoms with van der Waals surface area (Å²) in [6, 6.07) is 16.6. The Labute approximate surface area is 150 Å². The zero-order valence-corrected chi connectivity index (χ0v) is 14.0. The van der Waals surface area contributed by atoms with Gasteiger partial charge < -0.3 is 15.0 Å². The van der Waals surface area contributed by atoms with Crippen molar-refractivity contribution in [3.63, 3.8) is 0 Å². The molecule has 3 aromatic rings. The highest BCUT2D eigenvalue weighted by Crippen LogP contribution is 2.31. The summed E-state index contributed by atoms with van der Waals surface area (Å²) in [5, 5.41) is 4.22. The van der Waals surface area contributed by atoms with Crippen LogP contribution in [0.1, 0.15) is 11.1 Å². The Morgan fingerprint density at radius 1 is 1.04 bits per heavy atom. The molecule has 26 heavy (non-hydrogen) atoms. The second-order valence-electron chi connectivity index (χ2n) is 5.91. The number of nitrogens with one attached hydrogen (secondary N) is 2. The number of H-pyrrole nitrogens is 1. The van der Waals surface area contributed by atoms with Gasteiger partial charge in [0.25, 0.3) is 5.91 Å². The SMILES string of the molecule is NN(C(=O)C1=Cc2c[nH]cc2CN1)c1ccccc1Oc1ccccc1. The molecule has 1 aromatic heterocycles. The molecule has 1 aliphatic heterocycles. The van der Waals surface area contributed by atoms with E-state index in [1.54, 1.807) is 18.2 Å². The first kappa shape index (κ1) is 16.0. The highest BCUT2D eigenvalue weighted by Gasteiger charge is 2.23. The van der Waals surface area contributed by atoms with Crippen LogP contribution in [0.25, 0.3) is 6.08 Å². The van der Waals surface area contributed by atoms with Gasteiger partial charge in [0.15, 0.2) is 5.75 Å². The van der Waals surface area contributed by atoms with Gasteiger partial charge in [-0.15, -0.1) is 0 Å². The Morgan fingerprint density at radius 3 is 2.65 bits per heavy atom. The van der Waals surface area contributed by atoms with Crippen LogP contribution in [-0.4, -0.2) is 10.9 Å². The number of carbonyl (C=O) groups is 1. The number of carbonyl (C=O) groups excluding carboxylic acids is 1. The molecule has 0 atom stereocenters. The minimum Gasteiger partial charge on any atom is -0.455 e. The lowest BCUT2D eigenvalue weighted by molar-refractivity contribution is -0.115. The van der Waals surface area contributed by atoms with Crippen molar-refractivity contribution in [2.45, 2.75) is 6.54 Å². The van der Waals surface area contributed by atoms with E-state index < -0.39 is 0 Å². The lowest BCUT2D eigenvalue weighted by Gasteiger charge is -2.23. The van der Waals surface area contributed by atoms with E-state index in [2.05, 4.69) is 10.3 Å². The van der Waals surface area contributed by atoms with E-state index >= 15 is 0 Å². The largest absolute Gasteiger partial charge is 0.455 e. The van der Waals surface area contributed by atoms with Crippen molar-refractivity contribution in [3.8, 4) is 11.5 Å². The van der Waals surface area contributed by atoms with Gasteiger partial charge in [-0.05, 0) is 41.5 Å². The maximum Gasteiger partial charge on any atom is 0.288 e. The minimum absolute atomic E-state index is 0.332.